The molecule has 0 radical (unpaired) electrons. The molecule has 0 aromatic heterocycles. The van der Waals surface area contributed by atoms with Crippen LogP contribution in [-0.2, 0) is 14.8 Å². The summed E-state index contributed by atoms with van der Waals surface area (Å²) in [4.78, 5) is 11.7. The van der Waals surface area contributed by atoms with Crippen LogP contribution in [0.3, 0.4) is 0 Å². The summed E-state index contributed by atoms with van der Waals surface area (Å²) >= 11 is 3.23. The fourth-order valence-electron chi connectivity index (χ4n) is 1.39. The molecule has 1 amide bonds. The van der Waals surface area contributed by atoms with Crippen molar-refractivity contribution in [2.24, 2.45) is 0 Å². The molecule has 0 aliphatic carbocycles. The molecule has 1 atom stereocenters. The van der Waals surface area contributed by atoms with Crippen LogP contribution in [0.2, 0.25) is 0 Å². The van der Waals surface area contributed by atoms with E-state index in [2.05, 4.69) is 21.2 Å². The van der Waals surface area contributed by atoms with Crippen LogP contribution in [0.5, 0.6) is 0 Å². The Balaban J connectivity index is 2.72. The van der Waals surface area contributed by atoms with Gasteiger partial charge in [0.1, 0.15) is 0 Å². The summed E-state index contributed by atoms with van der Waals surface area (Å²) in [5.74, 6) is -0.464. The van der Waals surface area contributed by atoms with Crippen LogP contribution in [0, 0.1) is 0 Å². The Hall–Kier alpha value is -0.960. The number of nitrogens with one attached hydrogen (secondary N) is 1. The van der Waals surface area contributed by atoms with Gasteiger partial charge in [0.2, 0.25) is 15.9 Å². The van der Waals surface area contributed by atoms with Gasteiger partial charge in [0.25, 0.3) is 0 Å². The highest BCUT2D eigenvalue weighted by Gasteiger charge is 2.22. The van der Waals surface area contributed by atoms with E-state index in [4.69, 9.17) is 5.11 Å². The molecule has 0 spiro atoms. The quantitative estimate of drug-likeness (QED) is 0.772. The molecule has 20 heavy (non-hydrogen) atoms. The molecule has 1 aromatic rings. The Kier molecular flexibility index (Phi) is 6.12. The molecule has 6 nitrogen and oxygen atoms in total. The molecule has 1 unspecified atom stereocenters. The van der Waals surface area contributed by atoms with Crippen molar-refractivity contribution in [1.29, 1.82) is 0 Å². The van der Waals surface area contributed by atoms with Gasteiger partial charge in [-0.25, -0.2) is 8.42 Å². The van der Waals surface area contributed by atoms with Crippen molar-refractivity contribution in [2.75, 3.05) is 20.1 Å². The first-order valence-electron chi connectivity index (χ1n) is 5.90. The SMILES string of the molecule is CC(O)CNC(=O)CN(C)S(=O)(=O)c1ccc(Br)cc1. The van der Waals surface area contributed by atoms with Crippen molar-refractivity contribution in [3.8, 4) is 0 Å². The first-order valence-corrected chi connectivity index (χ1v) is 8.13. The molecule has 0 aliphatic rings. The predicted octanol–water partition coefficient (Wildman–Crippen LogP) is 0.567. The molecule has 1 aromatic carbocycles. The second kappa shape index (κ2) is 7.16. The maximum atomic E-state index is 12.2. The third-order valence-corrected chi connectivity index (χ3v) is 4.83. The average molecular weight is 365 g/mol. The number of carbonyl (C=O) groups is 1. The van der Waals surface area contributed by atoms with Crippen LogP contribution in [0.4, 0.5) is 0 Å². The van der Waals surface area contributed by atoms with E-state index < -0.39 is 22.0 Å². The highest BCUT2D eigenvalue weighted by Crippen LogP contribution is 2.17. The summed E-state index contributed by atoms with van der Waals surface area (Å²) in [5, 5.41) is 11.5. The molecule has 0 saturated carbocycles. The van der Waals surface area contributed by atoms with Gasteiger partial charge in [-0.2, -0.15) is 4.31 Å². The van der Waals surface area contributed by atoms with E-state index in [1.165, 1.54) is 26.1 Å². The minimum Gasteiger partial charge on any atom is -0.392 e. The molecule has 0 saturated heterocycles. The Morgan fingerprint density at radius 2 is 1.95 bits per heavy atom. The van der Waals surface area contributed by atoms with Gasteiger partial charge < -0.3 is 10.4 Å². The minimum atomic E-state index is -3.70. The smallest absolute Gasteiger partial charge is 0.243 e. The van der Waals surface area contributed by atoms with E-state index >= 15 is 0 Å². The van der Waals surface area contributed by atoms with E-state index in [9.17, 15) is 13.2 Å². The summed E-state index contributed by atoms with van der Waals surface area (Å²) < 4.78 is 26.1. The van der Waals surface area contributed by atoms with Crippen molar-refractivity contribution < 1.29 is 18.3 Å². The zero-order valence-corrected chi connectivity index (χ0v) is 13.6. The molecule has 0 bridgehead atoms. The number of hydrogen-bond acceptors (Lipinski definition) is 4. The van der Waals surface area contributed by atoms with E-state index in [1.807, 2.05) is 0 Å². The summed E-state index contributed by atoms with van der Waals surface area (Å²) in [6.45, 7) is 1.32. The Labute approximate surface area is 127 Å². The number of aliphatic hydroxyl groups excluding tert-OH is 1. The predicted molar refractivity (Wildman–Crippen MR) is 78.6 cm³/mol. The van der Waals surface area contributed by atoms with Crippen LogP contribution in [0.1, 0.15) is 6.92 Å². The Morgan fingerprint density at radius 1 is 1.40 bits per heavy atom. The van der Waals surface area contributed by atoms with Crippen LogP contribution in [-0.4, -0.2) is 50.0 Å². The normalized spacial score (nSPS) is 13.2. The lowest BCUT2D eigenvalue weighted by atomic mass is 10.4. The minimum absolute atomic E-state index is 0.0883. The topological polar surface area (TPSA) is 86.7 Å². The van der Waals surface area contributed by atoms with E-state index in [1.54, 1.807) is 12.1 Å². The summed E-state index contributed by atoms with van der Waals surface area (Å²) in [7, 11) is -2.37. The van der Waals surface area contributed by atoms with E-state index in [0.717, 1.165) is 8.78 Å². The number of halogens is 1. The number of rotatable bonds is 6. The van der Waals surface area contributed by atoms with Crippen molar-refractivity contribution in [3.63, 3.8) is 0 Å². The highest BCUT2D eigenvalue weighted by atomic mass is 79.9. The van der Waals surface area contributed by atoms with Crippen LogP contribution in [0.15, 0.2) is 33.6 Å². The maximum absolute atomic E-state index is 12.2. The number of likely N-dealkylation sites (N-methyl/N-ethyl adjacent to an activating group) is 1. The van der Waals surface area contributed by atoms with Crippen LogP contribution in [0.25, 0.3) is 0 Å². The average Bonchev–Trinajstić information content (AvgIpc) is 2.36. The first-order chi connectivity index (χ1) is 9.23. The molecular formula is C12H17BrN2O4S. The van der Waals surface area contributed by atoms with Crippen molar-refractivity contribution in [3.05, 3.63) is 28.7 Å². The van der Waals surface area contributed by atoms with Crippen molar-refractivity contribution in [1.82, 2.24) is 9.62 Å². The van der Waals surface area contributed by atoms with Gasteiger partial charge >= 0.3 is 0 Å². The number of hydrogen-bond donors (Lipinski definition) is 2. The number of carbonyl (C=O) groups excluding carboxylic acids is 1. The van der Waals surface area contributed by atoms with E-state index in [-0.39, 0.29) is 18.0 Å². The molecule has 8 heteroatoms. The van der Waals surface area contributed by atoms with Gasteiger partial charge in [0.05, 0.1) is 17.5 Å². The Morgan fingerprint density at radius 3 is 2.45 bits per heavy atom. The van der Waals surface area contributed by atoms with Crippen LogP contribution >= 0.6 is 15.9 Å². The van der Waals surface area contributed by atoms with Gasteiger partial charge in [0.15, 0.2) is 0 Å². The van der Waals surface area contributed by atoms with E-state index in [0.29, 0.717) is 0 Å². The summed E-state index contributed by atoms with van der Waals surface area (Å²) in [5.41, 5.74) is 0. The number of sulfonamides is 1. The zero-order valence-electron chi connectivity index (χ0n) is 11.2. The standard InChI is InChI=1S/C12H17BrN2O4S/c1-9(16)7-14-12(17)8-15(2)20(18,19)11-5-3-10(13)4-6-11/h3-6,9,16H,7-8H2,1-2H3,(H,14,17). The first kappa shape index (κ1) is 17.1. The third kappa shape index (κ3) is 4.86. The molecule has 2 N–H and O–H groups in total. The second-order valence-electron chi connectivity index (χ2n) is 4.37. The van der Waals surface area contributed by atoms with Gasteiger partial charge in [-0.15, -0.1) is 0 Å². The van der Waals surface area contributed by atoms with Gasteiger partial charge in [-0.1, -0.05) is 15.9 Å². The molecule has 1 rings (SSSR count). The van der Waals surface area contributed by atoms with Crippen molar-refractivity contribution in [2.45, 2.75) is 17.9 Å². The lowest BCUT2D eigenvalue weighted by Gasteiger charge is -2.17. The van der Waals surface area contributed by atoms with Gasteiger partial charge in [0, 0.05) is 18.1 Å². The molecule has 112 valence electrons. The fourth-order valence-corrected chi connectivity index (χ4v) is 2.78. The van der Waals surface area contributed by atoms with Gasteiger partial charge in [-0.3, -0.25) is 4.79 Å². The fraction of sp³-hybridized carbons (Fsp3) is 0.417. The lowest BCUT2D eigenvalue weighted by Crippen LogP contribution is -2.40. The number of amides is 1. The van der Waals surface area contributed by atoms with Gasteiger partial charge in [-0.05, 0) is 31.2 Å². The van der Waals surface area contributed by atoms with Crippen LogP contribution < -0.4 is 5.32 Å². The summed E-state index contributed by atoms with van der Waals surface area (Å²) in [6, 6.07) is 6.16. The number of benzene rings is 1. The zero-order chi connectivity index (χ0) is 15.3. The number of aliphatic hydroxyl groups is 1. The molecular weight excluding hydrogens is 348 g/mol. The maximum Gasteiger partial charge on any atom is 0.243 e. The largest absolute Gasteiger partial charge is 0.392 e. The number of nitrogens with zero attached hydrogens (tertiary/aromatic N) is 1. The Bertz CT molecular complexity index is 557. The molecule has 0 aliphatic heterocycles. The molecule has 0 heterocycles. The second-order valence-corrected chi connectivity index (χ2v) is 7.33. The highest BCUT2D eigenvalue weighted by molar-refractivity contribution is 9.10. The molecule has 0 fully saturated rings. The lowest BCUT2D eigenvalue weighted by molar-refractivity contribution is -0.121. The summed E-state index contributed by atoms with van der Waals surface area (Å²) in [6.07, 6.45) is -0.674. The van der Waals surface area contributed by atoms with Crippen molar-refractivity contribution >= 4 is 31.9 Å². The third-order valence-electron chi connectivity index (χ3n) is 2.48. The monoisotopic (exact) mass is 364 g/mol.